The summed E-state index contributed by atoms with van der Waals surface area (Å²) in [5, 5.41) is 0. The highest BCUT2D eigenvalue weighted by atomic mass is 31.0. The lowest BCUT2D eigenvalue weighted by atomic mass is 10.2. The van der Waals surface area contributed by atoms with Crippen molar-refractivity contribution in [1.82, 2.24) is 0 Å². The molecule has 0 bridgehead atoms. The molecule has 0 spiro atoms. The van der Waals surface area contributed by atoms with Gasteiger partial charge in [-0.2, -0.15) is 0 Å². The van der Waals surface area contributed by atoms with Crippen LogP contribution < -0.4 is 0 Å². The highest BCUT2D eigenvalue weighted by Gasteiger charge is 2.11. The Morgan fingerprint density at radius 2 is 1.50 bits per heavy atom. The first kappa shape index (κ1) is 7.77. The lowest BCUT2D eigenvalue weighted by Gasteiger charge is -1.97. The molecule has 0 amide bonds. The van der Waals surface area contributed by atoms with Crippen LogP contribution in [0.2, 0.25) is 0 Å². The number of hydrogen-bond acceptors (Lipinski definition) is 2. The molecule has 8 heavy (non-hydrogen) atoms. The monoisotopic (exact) mass is 132 g/mol. The second-order valence-corrected chi connectivity index (χ2v) is 2.37. The average Bonchev–Trinajstić information content (AvgIpc) is 1.64. The van der Waals surface area contributed by atoms with Crippen molar-refractivity contribution in [2.45, 2.75) is 19.5 Å². The predicted molar refractivity (Wildman–Crippen MR) is 34.9 cm³/mol. The van der Waals surface area contributed by atoms with Gasteiger partial charge in [0.15, 0.2) is 0 Å². The van der Waals surface area contributed by atoms with Gasteiger partial charge >= 0.3 is 0 Å². The Balaban J connectivity index is 3.83. The Morgan fingerprint density at radius 3 is 1.50 bits per heavy atom. The molecule has 0 aliphatic carbocycles. The van der Waals surface area contributed by atoms with E-state index in [-0.39, 0.29) is 11.6 Å². The Labute approximate surface area is 50.9 Å². The van der Waals surface area contributed by atoms with Crippen molar-refractivity contribution in [2.75, 3.05) is 0 Å². The van der Waals surface area contributed by atoms with Gasteiger partial charge in [-0.25, -0.2) is 0 Å². The molecule has 0 rings (SSSR count). The minimum absolute atomic E-state index is 0.0949. The van der Waals surface area contributed by atoms with E-state index in [1.165, 1.54) is 13.8 Å². The van der Waals surface area contributed by atoms with Gasteiger partial charge in [-0.1, -0.05) is 0 Å². The molecule has 0 saturated carbocycles. The van der Waals surface area contributed by atoms with Gasteiger partial charge in [0.25, 0.3) is 0 Å². The van der Waals surface area contributed by atoms with E-state index in [2.05, 4.69) is 9.24 Å². The molecule has 0 aliphatic heterocycles. The van der Waals surface area contributed by atoms with Crippen molar-refractivity contribution in [2.24, 2.45) is 0 Å². The van der Waals surface area contributed by atoms with Crippen LogP contribution in [0.1, 0.15) is 13.8 Å². The average molecular weight is 132 g/mol. The summed E-state index contributed by atoms with van der Waals surface area (Å²) in [4.78, 5) is 20.7. The van der Waals surface area contributed by atoms with Gasteiger partial charge in [0.1, 0.15) is 11.6 Å². The van der Waals surface area contributed by atoms with E-state index in [1.54, 1.807) is 0 Å². The fraction of sp³-hybridized carbons (Fsp3) is 0.600. The van der Waals surface area contributed by atoms with Crippen molar-refractivity contribution in [3.63, 3.8) is 0 Å². The fourth-order valence-corrected chi connectivity index (χ4v) is 0.286. The number of hydrogen-bond donors (Lipinski definition) is 0. The van der Waals surface area contributed by atoms with E-state index in [1.807, 2.05) is 0 Å². The molecule has 0 aromatic heterocycles. The van der Waals surface area contributed by atoms with Gasteiger partial charge in [-0.3, -0.25) is 9.59 Å². The summed E-state index contributed by atoms with van der Waals surface area (Å²) in [6.45, 7) is 2.80. The van der Waals surface area contributed by atoms with Crippen LogP contribution in [-0.4, -0.2) is 17.2 Å². The number of carbonyl (C=O) groups is 2. The van der Waals surface area contributed by atoms with E-state index < -0.39 is 5.66 Å². The zero-order chi connectivity index (χ0) is 6.73. The minimum atomic E-state index is -0.491. The van der Waals surface area contributed by atoms with E-state index in [0.29, 0.717) is 0 Å². The van der Waals surface area contributed by atoms with Gasteiger partial charge in [-0.05, 0) is 13.8 Å². The maximum Gasteiger partial charge on any atom is 0.144 e. The fourth-order valence-electron chi connectivity index (χ4n) is 0.286. The zero-order valence-electron chi connectivity index (χ0n) is 4.97. The Hall–Kier alpha value is -0.230. The first-order valence-electron chi connectivity index (χ1n) is 2.32. The first-order chi connectivity index (χ1) is 3.55. The molecule has 0 aromatic rings. The molecular formula is C5H9O2P. The van der Waals surface area contributed by atoms with Crippen LogP contribution in [0.15, 0.2) is 0 Å². The molecule has 3 heteroatoms. The number of carbonyl (C=O) groups excluding carboxylic acids is 2. The molecule has 0 aromatic carbocycles. The largest absolute Gasteiger partial charge is 0.299 e. The highest BCUT2D eigenvalue weighted by molar-refractivity contribution is 7.21. The van der Waals surface area contributed by atoms with Crippen LogP contribution in [0, 0.1) is 0 Å². The second-order valence-electron chi connectivity index (χ2n) is 1.70. The zero-order valence-corrected chi connectivity index (χ0v) is 6.13. The standard InChI is InChI=1S/C5H9O2P/c1-3(6)5(8)4(2)7/h5H,8H2,1-2H3. The van der Waals surface area contributed by atoms with Gasteiger partial charge in [0.2, 0.25) is 0 Å². The van der Waals surface area contributed by atoms with Gasteiger partial charge in [-0.15, -0.1) is 9.24 Å². The minimum Gasteiger partial charge on any atom is -0.299 e. The van der Waals surface area contributed by atoms with Crippen molar-refractivity contribution in [3.8, 4) is 0 Å². The molecule has 0 aliphatic rings. The van der Waals surface area contributed by atoms with Crippen LogP contribution in [0.3, 0.4) is 0 Å². The quantitative estimate of drug-likeness (QED) is 0.402. The third kappa shape index (κ3) is 2.17. The third-order valence-electron chi connectivity index (χ3n) is 0.876. The topological polar surface area (TPSA) is 34.1 Å². The van der Waals surface area contributed by atoms with Crippen LogP contribution in [-0.2, 0) is 9.59 Å². The van der Waals surface area contributed by atoms with E-state index in [9.17, 15) is 9.59 Å². The molecule has 2 nitrogen and oxygen atoms in total. The molecule has 46 valence electrons. The number of ketones is 2. The molecule has 0 N–H and O–H groups in total. The maximum atomic E-state index is 10.3. The SMILES string of the molecule is CC(=O)C(P)C(C)=O. The van der Waals surface area contributed by atoms with E-state index in [0.717, 1.165) is 0 Å². The van der Waals surface area contributed by atoms with E-state index >= 15 is 0 Å². The molecular weight excluding hydrogens is 123 g/mol. The van der Waals surface area contributed by atoms with E-state index in [4.69, 9.17) is 0 Å². The Morgan fingerprint density at radius 1 is 1.25 bits per heavy atom. The van der Waals surface area contributed by atoms with Gasteiger partial charge in [0.05, 0.1) is 5.66 Å². The Kier molecular flexibility index (Phi) is 2.85. The number of Topliss-reactive ketones (excluding diaryl/α,β-unsaturated/α-hetero) is 2. The smallest absolute Gasteiger partial charge is 0.144 e. The number of rotatable bonds is 2. The predicted octanol–water partition coefficient (Wildman–Crippen LogP) is 0.408. The molecule has 0 saturated heterocycles. The summed E-state index contributed by atoms with van der Waals surface area (Å²) in [5.41, 5.74) is -0.491. The van der Waals surface area contributed by atoms with Crippen molar-refractivity contribution in [1.29, 1.82) is 0 Å². The lowest BCUT2D eigenvalue weighted by molar-refractivity contribution is -0.123. The summed E-state index contributed by atoms with van der Waals surface area (Å²) in [7, 11) is 2.19. The second kappa shape index (κ2) is 2.93. The van der Waals surface area contributed by atoms with Gasteiger partial charge < -0.3 is 0 Å². The highest BCUT2D eigenvalue weighted by Crippen LogP contribution is 2.00. The van der Waals surface area contributed by atoms with Crippen LogP contribution in [0.5, 0.6) is 0 Å². The molecule has 0 radical (unpaired) electrons. The molecule has 0 heterocycles. The van der Waals surface area contributed by atoms with Crippen LogP contribution in [0.25, 0.3) is 0 Å². The maximum absolute atomic E-state index is 10.3. The summed E-state index contributed by atoms with van der Waals surface area (Å²) in [6.07, 6.45) is 0. The summed E-state index contributed by atoms with van der Waals surface area (Å²) >= 11 is 0. The normalized spacial score (nSPS) is 9.50. The van der Waals surface area contributed by atoms with Crippen LogP contribution >= 0.6 is 9.24 Å². The van der Waals surface area contributed by atoms with Crippen molar-refractivity contribution < 1.29 is 9.59 Å². The summed E-state index contributed by atoms with van der Waals surface area (Å²) in [5.74, 6) is -0.190. The lowest BCUT2D eigenvalue weighted by Crippen LogP contribution is -2.17. The first-order valence-corrected chi connectivity index (χ1v) is 2.99. The molecule has 1 atom stereocenters. The van der Waals surface area contributed by atoms with Crippen molar-refractivity contribution >= 4 is 20.8 Å². The third-order valence-corrected chi connectivity index (χ3v) is 1.81. The molecule has 1 unspecified atom stereocenters. The van der Waals surface area contributed by atoms with Gasteiger partial charge in [0, 0.05) is 0 Å². The molecule has 0 fully saturated rings. The summed E-state index contributed by atoms with van der Waals surface area (Å²) < 4.78 is 0. The Bertz CT molecular complexity index is 106. The van der Waals surface area contributed by atoms with Crippen molar-refractivity contribution in [3.05, 3.63) is 0 Å². The summed E-state index contributed by atoms with van der Waals surface area (Å²) in [6, 6.07) is 0. The van der Waals surface area contributed by atoms with Crippen LogP contribution in [0.4, 0.5) is 0 Å².